The summed E-state index contributed by atoms with van der Waals surface area (Å²) in [4.78, 5) is 18.3. The third-order valence-corrected chi connectivity index (χ3v) is 3.67. The Kier molecular flexibility index (Phi) is 5.80. The monoisotopic (exact) mass is 292 g/mol. The predicted octanol–water partition coefficient (Wildman–Crippen LogP) is 2.09. The van der Waals surface area contributed by atoms with E-state index in [2.05, 4.69) is 34.4 Å². The van der Waals surface area contributed by atoms with Crippen molar-refractivity contribution in [2.45, 2.75) is 20.3 Å². The minimum atomic E-state index is -0.195. The van der Waals surface area contributed by atoms with Gasteiger partial charge >= 0.3 is 6.03 Å². The molecule has 0 saturated carbocycles. The molecule has 21 heavy (non-hydrogen) atoms. The molecule has 1 aliphatic heterocycles. The molecule has 0 radical (unpaired) electrons. The van der Waals surface area contributed by atoms with Crippen LogP contribution in [0.2, 0.25) is 0 Å². The highest BCUT2D eigenvalue weighted by Crippen LogP contribution is 2.14. The Morgan fingerprint density at radius 2 is 2.24 bits per heavy atom. The first-order valence-corrected chi connectivity index (χ1v) is 7.56. The second kappa shape index (κ2) is 7.83. The van der Waals surface area contributed by atoms with Gasteiger partial charge in [-0.2, -0.15) is 0 Å². The lowest BCUT2D eigenvalue weighted by molar-refractivity contribution is 0.185. The molecule has 0 unspecified atom stereocenters. The Hall–Kier alpha value is -1.82. The number of amides is 2. The van der Waals surface area contributed by atoms with Gasteiger partial charge in [-0.25, -0.2) is 9.78 Å². The fourth-order valence-electron chi connectivity index (χ4n) is 2.35. The van der Waals surface area contributed by atoms with Crippen molar-refractivity contribution >= 4 is 17.5 Å². The lowest BCUT2D eigenvalue weighted by Gasteiger charge is -2.19. The van der Waals surface area contributed by atoms with E-state index in [1.165, 1.54) is 0 Å². The van der Waals surface area contributed by atoms with Crippen molar-refractivity contribution in [3.8, 4) is 0 Å². The number of ether oxygens (including phenoxy) is 1. The smallest absolute Gasteiger partial charge is 0.319 e. The number of urea groups is 1. The highest BCUT2D eigenvalue weighted by molar-refractivity contribution is 5.89. The molecule has 0 aromatic carbocycles. The number of anilines is 2. The first-order valence-electron chi connectivity index (χ1n) is 7.56. The van der Waals surface area contributed by atoms with Crippen LogP contribution in [0, 0.1) is 5.92 Å². The van der Waals surface area contributed by atoms with Crippen LogP contribution in [0.15, 0.2) is 18.3 Å². The van der Waals surface area contributed by atoms with Gasteiger partial charge in [0.2, 0.25) is 0 Å². The van der Waals surface area contributed by atoms with Crippen molar-refractivity contribution in [3.63, 3.8) is 0 Å². The standard InChI is InChI=1S/C15H24N4O2/c1-3-19(4-2)14-6-5-13(10-16-14)18-15(20)17-9-12-7-8-21-11-12/h5-6,10,12H,3-4,7-9,11H2,1-2H3,(H2,17,18,20)/t12-/m1/s1. The normalized spacial score (nSPS) is 17.5. The fraction of sp³-hybridized carbons (Fsp3) is 0.600. The van der Waals surface area contributed by atoms with Crippen LogP contribution in [0.25, 0.3) is 0 Å². The molecule has 1 saturated heterocycles. The van der Waals surface area contributed by atoms with Crippen LogP contribution in [0.1, 0.15) is 20.3 Å². The van der Waals surface area contributed by atoms with Gasteiger partial charge in [0.15, 0.2) is 0 Å². The van der Waals surface area contributed by atoms with Gasteiger partial charge in [0.05, 0.1) is 18.5 Å². The van der Waals surface area contributed by atoms with Crippen molar-refractivity contribution < 1.29 is 9.53 Å². The van der Waals surface area contributed by atoms with Crippen LogP contribution in [0.3, 0.4) is 0 Å². The third kappa shape index (κ3) is 4.60. The second-order valence-electron chi connectivity index (χ2n) is 5.14. The molecule has 0 aliphatic carbocycles. The Labute approximate surface area is 125 Å². The summed E-state index contributed by atoms with van der Waals surface area (Å²) >= 11 is 0. The Morgan fingerprint density at radius 3 is 2.81 bits per heavy atom. The van der Waals surface area contributed by atoms with Gasteiger partial charge in [0, 0.05) is 32.2 Å². The number of hydrogen-bond donors (Lipinski definition) is 2. The third-order valence-electron chi connectivity index (χ3n) is 3.67. The van der Waals surface area contributed by atoms with E-state index in [0.717, 1.165) is 38.5 Å². The maximum Gasteiger partial charge on any atom is 0.319 e. The van der Waals surface area contributed by atoms with E-state index in [1.54, 1.807) is 6.20 Å². The highest BCUT2D eigenvalue weighted by atomic mass is 16.5. The molecular weight excluding hydrogens is 268 g/mol. The molecule has 6 heteroatoms. The van der Waals surface area contributed by atoms with Crippen molar-refractivity contribution in [2.24, 2.45) is 5.92 Å². The number of aromatic nitrogens is 1. The van der Waals surface area contributed by atoms with Crippen molar-refractivity contribution in [3.05, 3.63) is 18.3 Å². The van der Waals surface area contributed by atoms with Crippen LogP contribution in [0.4, 0.5) is 16.3 Å². The first-order chi connectivity index (χ1) is 10.2. The average Bonchev–Trinajstić information content (AvgIpc) is 3.01. The number of nitrogens with zero attached hydrogens (tertiary/aromatic N) is 2. The van der Waals surface area contributed by atoms with E-state index in [1.807, 2.05) is 12.1 Å². The number of nitrogens with one attached hydrogen (secondary N) is 2. The molecule has 1 fully saturated rings. The van der Waals surface area contributed by atoms with E-state index >= 15 is 0 Å². The summed E-state index contributed by atoms with van der Waals surface area (Å²) < 4.78 is 5.28. The number of hydrogen-bond acceptors (Lipinski definition) is 4. The van der Waals surface area contributed by atoms with E-state index in [9.17, 15) is 4.79 Å². The summed E-state index contributed by atoms with van der Waals surface area (Å²) in [6.45, 7) is 8.21. The summed E-state index contributed by atoms with van der Waals surface area (Å²) in [5.41, 5.74) is 0.700. The molecule has 0 spiro atoms. The topological polar surface area (TPSA) is 66.5 Å². The molecule has 2 amide bonds. The number of rotatable bonds is 6. The number of carbonyl (C=O) groups is 1. The largest absolute Gasteiger partial charge is 0.381 e. The summed E-state index contributed by atoms with van der Waals surface area (Å²) in [6, 6.07) is 3.60. The predicted molar refractivity (Wildman–Crippen MR) is 83.7 cm³/mol. The van der Waals surface area contributed by atoms with Gasteiger partial charge in [0.25, 0.3) is 0 Å². The Morgan fingerprint density at radius 1 is 1.43 bits per heavy atom. The molecule has 1 aliphatic rings. The zero-order chi connectivity index (χ0) is 15.1. The van der Waals surface area contributed by atoms with E-state index < -0.39 is 0 Å². The molecule has 6 nitrogen and oxygen atoms in total. The van der Waals surface area contributed by atoms with E-state index in [4.69, 9.17) is 4.74 Å². The summed E-state index contributed by atoms with van der Waals surface area (Å²) in [6.07, 6.45) is 2.70. The van der Waals surface area contributed by atoms with Gasteiger partial charge in [-0.05, 0) is 32.4 Å². The molecule has 0 bridgehead atoms. The molecule has 1 aromatic rings. The van der Waals surface area contributed by atoms with Gasteiger partial charge in [-0.1, -0.05) is 0 Å². The van der Waals surface area contributed by atoms with Crippen LogP contribution < -0.4 is 15.5 Å². The van der Waals surface area contributed by atoms with Crippen LogP contribution in [-0.2, 0) is 4.74 Å². The maximum absolute atomic E-state index is 11.8. The van der Waals surface area contributed by atoms with Gasteiger partial charge in [-0.15, -0.1) is 0 Å². The Bertz CT molecular complexity index is 439. The zero-order valence-electron chi connectivity index (χ0n) is 12.8. The molecule has 116 valence electrons. The molecular formula is C15H24N4O2. The second-order valence-corrected chi connectivity index (χ2v) is 5.14. The minimum absolute atomic E-state index is 0.195. The summed E-state index contributed by atoms with van der Waals surface area (Å²) in [5, 5.41) is 5.66. The SMILES string of the molecule is CCN(CC)c1ccc(NC(=O)NC[C@H]2CCOC2)cn1. The molecule has 2 rings (SSSR count). The van der Waals surface area contributed by atoms with Crippen LogP contribution >= 0.6 is 0 Å². The zero-order valence-corrected chi connectivity index (χ0v) is 12.8. The van der Waals surface area contributed by atoms with E-state index in [-0.39, 0.29) is 6.03 Å². The summed E-state index contributed by atoms with van der Waals surface area (Å²) in [7, 11) is 0. The van der Waals surface area contributed by atoms with Crippen molar-refractivity contribution in [2.75, 3.05) is 43.1 Å². The first kappa shape index (κ1) is 15.6. The van der Waals surface area contributed by atoms with Crippen molar-refractivity contribution in [1.29, 1.82) is 0 Å². The lowest BCUT2D eigenvalue weighted by Crippen LogP contribution is -2.33. The van der Waals surface area contributed by atoms with E-state index in [0.29, 0.717) is 18.2 Å². The van der Waals surface area contributed by atoms with Gasteiger partial charge < -0.3 is 20.3 Å². The fourth-order valence-corrected chi connectivity index (χ4v) is 2.35. The molecule has 1 atom stereocenters. The minimum Gasteiger partial charge on any atom is -0.381 e. The van der Waals surface area contributed by atoms with Gasteiger partial charge in [0.1, 0.15) is 5.82 Å². The Balaban J connectivity index is 1.80. The number of carbonyl (C=O) groups excluding carboxylic acids is 1. The van der Waals surface area contributed by atoms with Crippen molar-refractivity contribution in [1.82, 2.24) is 10.3 Å². The average molecular weight is 292 g/mol. The summed E-state index contributed by atoms with van der Waals surface area (Å²) in [5.74, 6) is 1.35. The lowest BCUT2D eigenvalue weighted by atomic mass is 10.1. The molecule has 2 N–H and O–H groups in total. The molecule has 2 heterocycles. The van der Waals surface area contributed by atoms with Gasteiger partial charge in [-0.3, -0.25) is 0 Å². The highest BCUT2D eigenvalue weighted by Gasteiger charge is 2.16. The quantitative estimate of drug-likeness (QED) is 0.842. The van der Waals surface area contributed by atoms with Crippen LogP contribution in [-0.4, -0.2) is 43.9 Å². The van der Waals surface area contributed by atoms with Crippen LogP contribution in [0.5, 0.6) is 0 Å². The maximum atomic E-state index is 11.8. The number of pyridine rings is 1. The molecule has 1 aromatic heterocycles.